The molecule has 0 radical (unpaired) electrons. The largest absolute Gasteiger partial charge is 0.457 e. The number of carbonyl (C=O) groups excluding carboxylic acids is 2. The van der Waals surface area contributed by atoms with Gasteiger partial charge in [0, 0.05) is 19.2 Å². The molecule has 5 nitrogen and oxygen atoms in total. The van der Waals surface area contributed by atoms with Crippen molar-refractivity contribution in [3.63, 3.8) is 0 Å². The highest BCUT2D eigenvalue weighted by molar-refractivity contribution is 5.94. The van der Waals surface area contributed by atoms with Gasteiger partial charge in [-0.3, -0.25) is 9.59 Å². The second kappa shape index (κ2) is 8.72. The first-order valence-electron chi connectivity index (χ1n) is 7.97. The van der Waals surface area contributed by atoms with E-state index in [4.69, 9.17) is 4.74 Å². The maximum Gasteiger partial charge on any atom is 0.243 e. The molecule has 0 aliphatic rings. The molecule has 2 rings (SSSR count). The van der Waals surface area contributed by atoms with Gasteiger partial charge >= 0.3 is 0 Å². The molecule has 0 spiro atoms. The Morgan fingerprint density at radius 1 is 1.00 bits per heavy atom. The molecule has 1 N–H and O–H groups in total. The lowest BCUT2D eigenvalue weighted by Gasteiger charge is -2.19. The van der Waals surface area contributed by atoms with E-state index in [9.17, 15) is 9.59 Å². The number of nitrogens with zero attached hydrogens (tertiary/aromatic N) is 1. The Morgan fingerprint density at radius 3 is 2.21 bits per heavy atom. The molecule has 24 heavy (non-hydrogen) atoms. The van der Waals surface area contributed by atoms with Gasteiger partial charge in [0.15, 0.2) is 0 Å². The summed E-state index contributed by atoms with van der Waals surface area (Å²) in [6.45, 7) is 4.08. The fourth-order valence-corrected chi connectivity index (χ4v) is 2.22. The summed E-state index contributed by atoms with van der Waals surface area (Å²) in [4.78, 5) is 25.0. The van der Waals surface area contributed by atoms with Gasteiger partial charge in [0.05, 0.1) is 6.54 Å². The molecule has 2 amide bonds. The van der Waals surface area contributed by atoms with Crippen LogP contribution in [0.15, 0.2) is 54.6 Å². The number of hydrogen-bond acceptors (Lipinski definition) is 3. The highest BCUT2D eigenvalue weighted by atomic mass is 16.5. The minimum Gasteiger partial charge on any atom is -0.457 e. The van der Waals surface area contributed by atoms with E-state index in [0.29, 0.717) is 18.0 Å². The zero-order valence-corrected chi connectivity index (χ0v) is 14.0. The summed E-state index contributed by atoms with van der Waals surface area (Å²) in [5.74, 6) is 1.13. The van der Waals surface area contributed by atoms with Crippen LogP contribution >= 0.6 is 0 Å². The number of anilines is 1. The van der Waals surface area contributed by atoms with Crippen LogP contribution < -0.4 is 10.1 Å². The SMILES string of the molecule is CCCN(CC(=O)Nc1ccc(Oc2ccccc2)cc1)C(C)=O. The van der Waals surface area contributed by atoms with Crippen LogP contribution in [0.4, 0.5) is 5.69 Å². The van der Waals surface area contributed by atoms with Crippen molar-refractivity contribution in [3.8, 4) is 11.5 Å². The van der Waals surface area contributed by atoms with Crippen molar-refractivity contribution in [3.05, 3.63) is 54.6 Å². The summed E-state index contributed by atoms with van der Waals surface area (Å²) in [5, 5.41) is 2.79. The van der Waals surface area contributed by atoms with Gasteiger partial charge < -0.3 is 15.0 Å². The van der Waals surface area contributed by atoms with Crippen LogP contribution in [0.1, 0.15) is 20.3 Å². The predicted octanol–water partition coefficient (Wildman–Crippen LogP) is 3.68. The highest BCUT2D eigenvalue weighted by Crippen LogP contribution is 2.22. The van der Waals surface area contributed by atoms with E-state index in [1.165, 1.54) is 11.8 Å². The molecule has 0 fully saturated rings. The molecule has 0 aromatic heterocycles. The van der Waals surface area contributed by atoms with Crippen LogP contribution in [0.3, 0.4) is 0 Å². The topological polar surface area (TPSA) is 58.6 Å². The van der Waals surface area contributed by atoms with E-state index in [0.717, 1.165) is 12.2 Å². The Balaban J connectivity index is 1.91. The van der Waals surface area contributed by atoms with Crippen molar-refractivity contribution in [2.24, 2.45) is 0 Å². The molecular formula is C19H22N2O3. The quantitative estimate of drug-likeness (QED) is 0.844. The fourth-order valence-electron chi connectivity index (χ4n) is 2.22. The van der Waals surface area contributed by atoms with Gasteiger partial charge in [-0.05, 0) is 42.8 Å². The summed E-state index contributed by atoms with van der Waals surface area (Å²) in [6, 6.07) is 16.6. The van der Waals surface area contributed by atoms with E-state index in [2.05, 4.69) is 5.32 Å². The average Bonchev–Trinajstić information content (AvgIpc) is 2.57. The van der Waals surface area contributed by atoms with Crippen LogP contribution in [0, 0.1) is 0 Å². The summed E-state index contributed by atoms with van der Waals surface area (Å²) in [7, 11) is 0. The number of nitrogens with one attached hydrogen (secondary N) is 1. The van der Waals surface area contributed by atoms with Crippen LogP contribution in [-0.2, 0) is 9.59 Å². The Kier molecular flexibility index (Phi) is 6.37. The molecule has 0 heterocycles. The third-order valence-electron chi connectivity index (χ3n) is 3.39. The van der Waals surface area contributed by atoms with Gasteiger partial charge in [0.2, 0.25) is 11.8 Å². The Bertz CT molecular complexity index is 669. The standard InChI is InChI=1S/C19H22N2O3/c1-3-13-21(15(2)22)14-19(23)20-16-9-11-18(12-10-16)24-17-7-5-4-6-8-17/h4-12H,3,13-14H2,1-2H3,(H,20,23). The predicted molar refractivity (Wildman–Crippen MR) is 94.1 cm³/mol. The number of benzene rings is 2. The monoisotopic (exact) mass is 326 g/mol. The summed E-state index contributed by atoms with van der Waals surface area (Å²) in [5.41, 5.74) is 0.667. The molecule has 0 bridgehead atoms. The van der Waals surface area contributed by atoms with Gasteiger partial charge in [-0.2, -0.15) is 0 Å². The summed E-state index contributed by atoms with van der Waals surface area (Å²) in [6.07, 6.45) is 0.818. The van der Waals surface area contributed by atoms with Crippen molar-refractivity contribution in [2.45, 2.75) is 20.3 Å². The van der Waals surface area contributed by atoms with E-state index in [1.54, 1.807) is 24.3 Å². The first-order chi connectivity index (χ1) is 11.6. The van der Waals surface area contributed by atoms with E-state index in [1.807, 2.05) is 37.3 Å². The number of rotatable bonds is 7. The van der Waals surface area contributed by atoms with Crippen molar-refractivity contribution in [1.29, 1.82) is 0 Å². The Labute approximate surface area is 142 Å². The minimum absolute atomic E-state index is 0.0610. The summed E-state index contributed by atoms with van der Waals surface area (Å²) >= 11 is 0. The molecule has 0 atom stereocenters. The zero-order valence-electron chi connectivity index (χ0n) is 14.0. The molecule has 126 valence electrons. The summed E-state index contributed by atoms with van der Waals surface area (Å²) < 4.78 is 5.70. The third-order valence-corrected chi connectivity index (χ3v) is 3.39. The zero-order chi connectivity index (χ0) is 17.4. The third kappa shape index (κ3) is 5.43. The van der Waals surface area contributed by atoms with Crippen LogP contribution in [0.25, 0.3) is 0 Å². The minimum atomic E-state index is -0.213. The lowest BCUT2D eigenvalue weighted by atomic mass is 10.3. The molecule has 0 aliphatic carbocycles. The Hall–Kier alpha value is -2.82. The first kappa shape index (κ1) is 17.5. The molecular weight excluding hydrogens is 304 g/mol. The number of amides is 2. The normalized spacial score (nSPS) is 10.1. The van der Waals surface area contributed by atoms with Crippen LogP contribution in [-0.4, -0.2) is 29.8 Å². The van der Waals surface area contributed by atoms with E-state index in [-0.39, 0.29) is 18.4 Å². The maximum absolute atomic E-state index is 12.0. The van der Waals surface area contributed by atoms with Crippen molar-refractivity contribution < 1.29 is 14.3 Å². The second-order valence-corrected chi connectivity index (χ2v) is 5.43. The number of carbonyl (C=O) groups is 2. The molecule has 2 aromatic rings. The molecule has 5 heteroatoms. The van der Waals surface area contributed by atoms with E-state index < -0.39 is 0 Å². The number of hydrogen-bond donors (Lipinski definition) is 1. The lowest BCUT2D eigenvalue weighted by Crippen LogP contribution is -2.37. The van der Waals surface area contributed by atoms with E-state index >= 15 is 0 Å². The van der Waals surface area contributed by atoms with Gasteiger partial charge in [-0.1, -0.05) is 25.1 Å². The smallest absolute Gasteiger partial charge is 0.243 e. The Morgan fingerprint density at radius 2 is 1.62 bits per heavy atom. The highest BCUT2D eigenvalue weighted by Gasteiger charge is 2.12. The fraction of sp³-hybridized carbons (Fsp3) is 0.263. The van der Waals surface area contributed by atoms with Crippen molar-refractivity contribution in [1.82, 2.24) is 4.90 Å². The second-order valence-electron chi connectivity index (χ2n) is 5.43. The number of para-hydroxylation sites is 1. The molecule has 0 unspecified atom stereocenters. The lowest BCUT2D eigenvalue weighted by molar-refractivity contribution is -0.132. The molecule has 2 aromatic carbocycles. The van der Waals surface area contributed by atoms with Crippen LogP contribution in [0.2, 0.25) is 0 Å². The molecule has 0 saturated heterocycles. The molecule has 0 saturated carbocycles. The van der Waals surface area contributed by atoms with Gasteiger partial charge in [0.1, 0.15) is 11.5 Å². The van der Waals surface area contributed by atoms with Crippen molar-refractivity contribution in [2.75, 3.05) is 18.4 Å². The average molecular weight is 326 g/mol. The maximum atomic E-state index is 12.0. The van der Waals surface area contributed by atoms with Gasteiger partial charge in [0.25, 0.3) is 0 Å². The van der Waals surface area contributed by atoms with Crippen LogP contribution in [0.5, 0.6) is 11.5 Å². The number of ether oxygens (including phenoxy) is 1. The van der Waals surface area contributed by atoms with Gasteiger partial charge in [-0.15, -0.1) is 0 Å². The van der Waals surface area contributed by atoms with Gasteiger partial charge in [-0.25, -0.2) is 0 Å². The molecule has 0 aliphatic heterocycles. The first-order valence-corrected chi connectivity index (χ1v) is 7.97. The van der Waals surface area contributed by atoms with Crippen molar-refractivity contribution >= 4 is 17.5 Å².